The first-order valence-electron chi connectivity index (χ1n) is 5.96. The maximum absolute atomic E-state index is 5.60. The minimum Gasteiger partial charge on any atom is -0.491 e. The molecule has 0 radical (unpaired) electrons. The van der Waals surface area contributed by atoms with Crippen molar-refractivity contribution in [3.05, 3.63) is 28.2 Å². The quantitative estimate of drug-likeness (QED) is 0.750. The number of hydrogen-bond donors (Lipinski definition) is 1. The van der Waals surface area contributed by atoms with Gasteiger partial charge in [0.2, 0.25) is 0 Å². The molecular weight excluding hydrogens is 282 g/mol. The highest BCUT2D eigenvalue weighted by Gasteiger charge is 1.99. The molecule has 0 aromatic heterocycles. The molecule has 0 aliphatic heterocycles. The molecule has 3 nitrogen and oxygen atoms in total. The van der Waals surface area contributed by atoms with Gasteiger partial charge in [-0.3, -0.25) is 0 Å². The molecule has 17 heavy (non-hydrogen) atoms. The van der Waals surface area contributed by atoms with Gasteiger partial charge in [0.15, 0.2) is 0 Å². The Morgan fingerprint density at radius 1 is 1.18 bits per heavy atom. The van der Waals surface area contributed by atoms with Crippen LogP contribution in [-0.2, 0) is 11.3 Å². The molecule has 0 fully saturated rings. The van der Waals surface area contributed by atoms with Gasteiger partial charge in [0, 0.05) is 17.6 Å². The Morgan fingerprint density at radius 2 is 2.00 bits per heavy atom. The number of rotatable bonds is 8. The Bertz CT molecular complexity index is 331. The van der Waals surface area contributed by atoms with Gasteiger partial charge in [0.05, 0.1) is 6.61 Å². The summed E-state index contributed by atoms with van der Waals surface area (Å²) in [5.41, 5.74) is 6.65. The van der Waals surface area contributed by atoms with E-state index in [0.717, 1.165) is 35.2 Å². The standard InChI is InChI=1S/C13H20BrNO2/c1-2-3-4-16-5-6-17-13-8-11(10-15)7-12(14)9-13/h7-9H,2-6,10,15H2,1H3. The van der Waals surface area contributed by atoms with Gasteiger partial charge in [-0.15, -0.1) is 0 Å². The molecule has 0 amide bonds. The Morgan fingerprint density at radius 3 is 2.71 bits per heavy atom. The van der Waals surface area contributed by atoms with Crippen molar-refractivity contribution >= 4 is 15.9 Å². The third-order valence-corrected chi connectivity index (χ3v) is 2.76. The van der Waals surface area contributed by atoms with Crippen LogP contribution in [0.15, 0.2) is 22.7 Å². The lowest BCUT2D eigenvalue weighted by atomic mass is 10.2. The highest BCUT2D eigenvalue weighted by Crippen LogP contribution is 2.21. The molecule has 0 aliphatic rings. The van der Waals surface area contributed by atoms with Crippen LogP contribution in [0.4, 0.5) is 0 Å². The molecule has 0 saturated heterocycles. The number of hydrogen-bond acceptors (Lipinski definition) is 3. The van der Waals surface area contributed by atoms with Crippen LogP contribution in [0.5, 0.6) is 5.75 Å². The monoisotopic (exact) mass is 301 g/mol. The van der Waals surface area contributed by atoms with E-state index in [-0.39, 0.29) is 0 Å². The van der Waals surface area contributed by atoms with E-state index in [4.69, 9.17) is 15.2 Å². The summed E-state index contributed by atoms with van der Waals surface area (Å²) >= 11 is 3.43. The lowest BCUT2D eigenvalue weighted by Gasteiger charge is -2.09. The topological polar surface area (TPSA) is 44.5 Å². The van der Waals surface area contributed by atoms with Gasteiger partial charge in [-0.05, 0) is 30.2 Å². The van der Waals surface area contributed by atoms with Gasteiger partial charge in [-0.2, -0.15) is 0 Å². The van der Waals surface area contributed by atoms with Crippen molar-refractivity contribution < 1.29 is 9.47 Å². The average molecular weight is 302 g/mol. The summed E-state index contributed by atoms with van der Waals surface area (Å²) in [4.78, 5) is 0. The molecule has 0 spiro atoms. The summed E-state index contributed by atoms with van der Waals surface area (Å²) in [6.45, 7) is 4.68. The van der Waals surface area contributed by atoms with Gasteiger partial charge in [-0.25, -0.2) is 0 Å². The normalized spacial score (nSPS) is 10.5. The predicted molar refractivity (Wildman–Crippen MR) is 73.3 cm³/mol. The molecule has 0 heterocycles. The average Bonchev–Trinajstić information content (AvgIpc) is 2.33. The van der Waals surface area contributed by atoms with Crippen LogP contribution in [0.3, 0.4) is 0 Å². The van der Waals surface area contributed by atoms with Crippen LogP contribution in [0.1, 0.15) is 25.3 Å². The van der Waals surface area contributed by atoms with Gasteiger partial charge in [0.25, 0.3) is 0 Å². The summed E-state index contributed by atoms with van der Waals surface area (Å²) in [6.07, 6.45) is 2.26. The summed E-state index contributed by atoms with van der Waals surface area (Å²) in [6, 6.07) is 5.88. The molecule has 0 unspecified atom stereocenters. The van der Waals surface area contributed by atoms with Crippen molar-refractivity contribution in [3.8, 4) is 5.75 Å². The molecule has 96 valence electrons. The van der Waals surface area contributed by atoms with E-state index in [9.17, 15) is 0 Å². The van der Waals surface area contributed by atoms with Gasteiger partial charge >= 0.3 is 0 Å². The van der Waals surface area contributed by atoms with Gasteiger partial charge in [-0.1, -0.05) is 29.3 Å². The third kappa shape index (κ3) is 6.05. The zero-order chi connectivity index (χ0) is 12.5. The van der Waals surface area contributed by atoms with Crippen LogP contribution in [0.2, 0.25) is 0 Å². The predicted octanol–water partition coefficient (Wildman–Crippen LogP) is 3.10. The zero-order valence-electron chi connectivity index (χ0n) is 10.2. The molecule has 1 rings (SSSR count). The van der Waals surface area contributed by atoms with Crippen molar-refractivity contribution in [1.82, 2.24) is 0 Å². The number of nitrogens with two attached hydrogens (primary N) is 1. The van der Waals surface area contributed by atoms with Crippen molar-refractivity contribution in [1.29, 1.82) is 0 Å². The lowest BCUT2D eigenvalue weighted by Crippen LogP contribution is -2.08. The van der Waals surface area contributed by atoms with Crippen molar-refractivity contribution in [2.75, 3.05) is 19.8 Å². The van der Waals surface area contributed by atoms with Crippen LogP contribution in [-0.4, -0.2) is 19.8 Å². The minimum absolute atomic E-state index is 0.517. The van der Waals surface area contributed by atoms with E-state index in [0.29, 0.717) is 19.8 Å². The van der Waals surface area contributed by atoms with Gasteiger partial charge < -0.3 is 15.2 Å². The maximum atomic E-state index is 5.60. The second-order valence-electron chi connectivity index (χ2n) is 3.81. The van der Waals surface area contributed by atoms with Crippen LogP contribution in [0, 0.1) is 0 Å². The Labute approximate surface area is 111 Å². The number of unbranched alkanes of at least 4 members (excludes halogenated alkanes) is 1. The lowest BCUT2D eigenvalue weighted by molar-refractivity contribution is 0.0980. The molecule has 1 aromatic rings. The smallest absolute Gasteiger partial charge is 0.120 e. The first-order chi connectivity index (χ1) is 8.26. The van der Waals surface area contributed by atoms with Crippen LogP contribution < -0.4 is 10.5 Å². The number of benzene rings is 1. The molecule has 0 saturated carbocycles. The van der Waals surface area contributed by atoms with Crippen LogP contribution in [0.25, 0.3) is 0 Å². The molecule has 2 N–H and O–H groups in total. The fourth-order valence-electron chi connectivity index (χ4n) is 1.39. The summed E-state index contributed by atoms with van der Waals surface area (Å²) in [5, 5.41) is 0. The summed E-state index contributed by atoms with van der Waals surface area (Å²) < 4.78 is 12.0. The summed E-state index contributed by atoms with van der Waals surface area (Å²) in [7, 11) is 0. The second kappa shape index (κ2) is 8.50. The molecular formula is C13H20BrNO2. The van der Waals surface area contributed by atoms with Crippen LogP contribution >= 0.6 is 15.9 Å². The highest BCUT2D eigenvalue weighted by molar-refractivity contribution is 9.10. The van der Waals surface area contributed by atoms with E-state index in [1.807, 2.05) is 18.2 Å². The van der Waals surface area contributed by atoms with E-state index in [2.05, 4.69) is 22.9 Å². The molecule has 4 heteroatoms. The number of halogens is 1. The van der Waals surface area contributed by atoms with Crippen molar-refractivity contribution in [2.24, 2.45) is 5.73 Å². The van der Waals surface area contributed by atoms with Crippen molar-refractivity contribution in [2.45, 2.75) is 26.3 Å². The largest absolute Gasteiger partial charge is 0.491 e. The Kier molecular flexibility index (Phi) is 7.24. The SMILES string of the molecule is CCCCOCCOc1cc(Br)cc(CN)c1. The minimum atomic E-state index is 0.517. The maximum Gasteiger partial charge on any atom is 0.120 e. The Balaban J connectivity index is 2.28. The fourth-order valence-corrected chi connectivity index (χ4v) is 1.91. The second-order valence-corrected chi connectivity index (χ2v) is 4.73. The van der Waals surface area contributed by atoms with E-state index in [1.54, 1.807) is 0 Å². The van der Waals surface area contributed by atoms with E-state index < -0.39 is 0 Å². The molecule has 0 aliphatic carbocycles. The number of ether oxygens (including phenoxy) is 2. The first-order valence-corrected chi connectivity index (χ1v) is 6.75. The molecule has 1 aromatic carbocycles. The fraction of sp³-hybridized carbons (Fsp3) is 0.538. The Hall–Kier alpha value is -0.580. The first kappa shape index (κ1) is 14.5. The van der Waals surface area contributed by atoms with E-state index >= 15 is 0 Å². The summed E-state index contributed by atoms with van der Waals surface area (Å²) in [5.74, 6) is 0.832. The third-order valence-electron chi connectivity index (χ3n) is 2.31. The highest BCUT2D eigenvalue weighted by atomic mass is 79.9. The molecule has 0 bridgehead atoms. The van der Waals surface area contributed by atoms with Gasteiger partial charge in [0.1, 0.15) is 12.4 Å². The van der Waals surface area contributed by atoms with E-state index in [1.165, 1.54) is 0 Å². The van der Waals surface area contributed by atoms with Crippen molar-refractivity contribution in [3.63, 3.8) is 0 Å². The molecule has 0 atom stereocenters. The zero-order valence-corrected chi connectivity index (χ0v) is 11.8.